The Labute approximate surface area is 172 Å². The summed E-state index contributed by atoms with van der Waals surface area (Å²) in [5.41, 5.74) is 1.21. The van der Waals surface area contributed by atoms with Crippen molar-refractivity contribution in [3.8, 4) is 11.5 Å². The highest BCUT2D eigenvalue weighted by Crippen LogP contribution is 2.33. The maximum atomic E-state index is 12.3. The number of amides is 1. The Morgan fingerprint density at radius 2 is 1.76 bits per heavy atom. The van der Waals surface area contributed by atoms with Crippen LogP contribution in [0.3, 0.4) is 0 Å². The second-order valence-corrected chi connectivity index (χ2v) is 7.12. The third kappa shape index (κ3) is 5.26. The number of benzene rings is 1. The molecular formula is C20H23NO7S. The zero-order valence-electron chi connectivity index (χ0n) is 16.9. The lowest BCUT2D eigenvalue weighted by Gasteiger charge is -2.11. The molecule has 0 bridgehead atoms. The number of nitrogens with one attached hydrogen (secondary N) is 1. The molecule has 1 heterocycles. The van der Waals surface area contributed by atoms with Crippen LogP contribution < -0.4 is 14.8 Å². The molecule has 2 aromatic rings. The number of methoxy groups -OCH3 is 2. The molecule has 8 nitrogen and oxygen atoms in total. The Morgan fingerprint density at radius 1 is 1.03 bits per heavy atom. The van der Waals surface area contributed by atoms with E-state index >= 15 is 0 Å². The van der Waals surface area contributed by atoms with Gasteiger partial charge in [-0.3, -0.25) is 4.79 Å². The van der Waals surface area contributed by atoms with Gasteiger partial charge in [-0.15, -0.1) is 11.3 Å². The number of esters is 2. The number of carbonyl (C=O) groups is 3. The molecule has 0 saturated carbocycles. The molecule has 0 spiro atoms. The van der Waals surface area contributed by atoms with Crippen LogP contribution >= 0.6 is 11.3 Å². The molecule has 0 aliphatic heterocycles. The van der Waals surface area contributed by atoms with E-state index in [0.29, 0.717) is 16.3 Å². The summed E-state index contributed by atoms with van der Waals surface area (Å²) in [5, 5.41) is 2.98. The van der Waals surface area contributed by atoms with Crippen molar-refractivity contribution in [3.63, 3.8) is 0 Å². The zero-order chi connectivity index (χ0) is 21.6. The third-order valence-electron chi connectivity index (χ3n) is 4.08. The van der Waals surface area contributed by atoms with Crippen molar-refractivity contribution in [2.75, 3.05) is 32.8 Å². The molecule has 29 heavy (non-hydrogen) atoms. The quantitative estimate of drug-likeness (QED) is 0.652. The van der Waals surface area contributed by atoms with Crippen LogP contribution in [0.25, 0.3) is 0 Å². The Balaban J connectivity index is 2.07. The predicted octanol–water partition coefficient (Wildman–Crippen LogP) is 3.35. The number of ether oxygens (including phenoxy) is 4. The first-order chi connectivity index (χ1) is 13.8. The molecular weight excluding hydrogens is 398 g/mol. The normalized spacial score (nSPS) is 10.2. The first kappa shape index (κ1) is 22.2. The highest BCUT2D eigenvalue weighted by molar-refractivity contribution is 7.16. The average Bonchev–Trinajstić information content (AvgIpc) is 2.98. The first-order valence-corrected chi connectivity index (χ1v) is 9.60. The van der Waals surface area contributed by atoms with E-state index in [4.69, 9.17) is 18.9 Å². The maximum absolute atomic E-state index is 12.3. The van der Waals surface area contributed by atoms with Gasteiger partial charge in [0, 0.05) is 10.9 Å². The van der Waals surface area contributed by atoms with Gasteiger partial charge in [0.1, 0.15) is 22.1 Å². The molecule has 0 atom stereocenters. The number of rotatable bonds is 8. The fourth-order valence-electron chi connectivity index (χ4n) is 2.50. The first-order valence-electron chi connectivity index (χ1n) is 8.78. The van der Waals surface area contributed by atoms with Gasteiger partial charge >= 0.3 is 11.9 Å². The van der Waals surface area contributed by atoms with Gasteiger partial charge in [0.05, 0.1) is 26.4 Å². The van der Waals surface area contributed by atoms with E-state index in [1.54, 1.807) is 26.0 Å². The van der Waals surface area contributed by atoms with Crippen molar-refractivity contribution in [3.05, 3.63) is 39.8 Å². The molecule has 1 amide bonds. The van der Waals surface area contributed by atoms with Gasteiger partial charge in [0.25, 0.3) is 5.91 Å². The maximum Gasteiger partial charge on any atom is 0.342 e. The van der Waals surface area contributed by atoms with Crippen molar-refractivity contribution in [2.24, 2.45) is 0 Å². The van der Waals surface area contributed by atoms with Gasteiger partial charge in [-0.1, -0.05) is 0 Å². The van der Waals surface area contributed by atoms with Gasteiger partial charge in [0.2, 0.25) is 0 Å². The Hall–Kier alpha value is -3.07. The molecule has 0 saturated heterocycles. The summed E-state index contributed by atoms with van der Waals surface area (Å²) >= 11 is 1.26. The zero-order valence-corrected chi connectivity index (χ0v) is 17.7. The van der Waals surface area contributed by atoms with E-state index < -0.39 is 24.5 Å². The second-order valence-electron chi connectivity index (χ2n) is 5.90. The van der Waals surface area contributed by atoms with Gasteiger partial charge in [0.15, 0.2) is 6.61 Å². The van der Waals surface area contributed by atoms with E-state index in [-0.39, 0.29) is 17.9 Å². The fraction of sp³-hybridized carbons (Fsp3) is 0.350. The minimum atomic E-state index is -0.719. The van der Waals surface area contributed by atoms with E-state index in [1.165, 1.54) is 31.6 Å². The number of hydrogen-bond donors (Lipinski definition) is 1. The number of carbonyl (C=O) groups excluding carboxylic acids is 3. The van der Waals surface area contributed by atoms with E-state index in [0.717, 1.165) is 10.4 Å². The highest BCUT2D eigenvalue weighted by Gasteiger charge is 2.23. The number of hydrogen-bond acceptors (Lipinski definition) is 8. The van der Waals surface area contributed by atoms with Gasteiger partial charge in [-0.05, 0) is 38.5 Å². The van der Waals surface area contributed by atoms with Crippen molar-refractivity contribution in [2.45, 2.75) is 20.8 Å². The van der Waals surface area contributed by atoms with Crippen LogP contribution in [0.15, 0.2) is 18.2 Å². The van der Waals surface area contributed by atoms with E-state index in [9.17, 15) is 14.4 Å². The summed E-state index contributed by atoms with van der Waals surface area (Å²) in [4.78, 5) is 37.6. The standard InChI is InChI=1S/C20H23NO7S/c1-6-27-20(24)17-11(2)12(3)29-18(17)21-16(22)10-28-19(23)14-8-7-13(25-4)9-15(14)26-5/h7-9H,6,10H2,1-5H3,(H,21,22). The molecule has 2 rings (SSSR count). The Kier molecular flexibility index (Phi) is 7.60. The molecule has 1 aromatic carbocycles. The molecule has 9 heteroatoms. The summed E-state index contributed by atoms with van der Waals surface area (Å²) in [5.74, 6) is -1.01. The SMILES string of the molecule is CCOC(=O)c1c(NC(=O)COC(=O)c2ccc(OC)cc2OC)sc(C)c1C. The van der Waals surface area contributed by atoms with Crippen molar-refractivity contribution in [1.29, 1.82) is 0 Å². The molecule has 0 radical (unpaired) electrons. The van der Waals surface area contributed by atoms with E-state index in [2.05, 4.69) is 5.32 Å². The van der Waals surface area contributed by atoms with Gasteiger partial charge < -0.3 is 24.3 Å². The lowest BCUT2D eigenvalue weighted by molar-refractivity contribution is -0.119. The highest BCUT2D eigenvalue weighted by atomic mass is 32.1. The molecule has 0 aliphatic carbocycles. The monoisotopic (exact) mass is 421 g/mol. The van der Waals surface area contributed by atoms with Crippen LogP contribution in [0.4, 0.5) is 5.00 Å². The van der Waals surface area contributed by atoms with Crippen LogP contribution in [0.5, 0.6) is 11.5 Å². The lowest BCUT2D eigenvalue weighted by atomic mass is 10.1. The summed E-state index contributed by atoms with van der Waals surface area (Å²) in [6, 6.07) is 4.62. The minimum Gasteiger partial charge on any atom is -0.497 e. The number of aryl methyl sites for hydroxylation is 1. The van der Waals surface area contributed by atoms with Crippen LogP contribution in [0, 0.1) is 13.8 Å². The molecule has 1 N–H and O–H groups in total. The Bertz CT molecular complexity index is 920. The molecule has 0 unspecified atom stereocenters. The van der Waals surface area contributed by atoms with Crippen LogP contribution in [-0.4, -0.2) is 45.3 Å². The second kappa shape index (κ2) is 9.92. The lowest BCUT2D eigenvalue weighted by Crippen LogP contribution is -2.22. The largest absolute Gasteiger partial charge is 0.497 e. The third-order valence-corrected chi connectivity index (χ3v) is 5.20. The summed E-state index contributed by atoms with van der Waals surface area (Å²) in [6.07, 6.45) is 0. The van der Waals surface area contributed by atoms with Gasteiger partial charge in [-0.25, -0.2) is 9.59 Å². The van der Waals surface area contributed by atoms with Crippen molar-refractivity contribution >= 4 is 34.2 Å². The van der Waals surface area contributed by atoms with Crippen LogP contribution in [-0.2, 0) is 14.3 Å². The smallest absolute Gasteiger partial charge is 0.342 e. The van der Waals surface area contributed by atoms with Crippen LogP contribution in [0.1, 0.15) is 38.1 Å². The molecule has 1 aromatic heterocycles. The number of anilines is 1. The topological polar surface area (TPSA) is 100 Å². The average molecular weight is 421 g/mol. The van der Waals surface area contributed by atoms with E-state index in [1.807, 2.05) is 6.92 Å². The van der Waals surface area contributed by atoms with Gasteiger partial charge in [-0.2, -0.15) is 0 Å². The molecule has 0 aliphatic rings. The summed E-state index contributed by atoms with van der Waals surface area (Å²) < 4.78 is 20.4. The molecule has 0 fully saturated rings. The number of thiophene rings is 1. The molecule has 156 valence electrons. The fourth-order valence-corrected chi connectivity index (χ4v) is 3.57. The summed E-state index contributed by atoms with van der Waals surface area (Å²) in [7, 11) is 2.91. The van der Waals surface area contributed by atoms with Crippen LogP contribution in [0.2, 0.25) is 0 Å². The van der Waals surface area contributed by atoms with Crippen molar-refractivity contribution in [1.82, 2.24) is 0 Å². The summed E-state index contributed by atoms with van der Waals surface area (Å²) in [6.45, 7) is 5.03. The minimum absolute atomic E-state index is 0.163. The predicted molar refractivity (Wildman–Crippen MR) is 108 cm³/mol. The van der Waals surface area contributed by atoms with Crippen molar-refractivity contribution < 1.29 is 33.3 Å². The Morgan fingerprint density at radius 3 is 2.38 bits per heavy atom.